The summed E-state index contributed by atoms with van der Waals surface area (Å²) in [6, 6.07) is 0.355. The summed E-state index contributed by atoms with van der Waals surface area (Å²) in [4.78, 5) is 11.4. The molecule has 0 radical (unpaired) electrons. The van der Waals surface area contributed by atoms with E-state index in [0.29, 0.717) is 25.8 Å². The van der Waals surface area contributed by atoms with Crippen molar-refractivity contribution in [1.82, 2.24) is 5.32 Å². The highest BCUT2D eigenvalue weighted by Gasteiger charge is 2.51. The smallest absolute Gasteiger partial charge is 0.407 e. The summed E-state index contributed by atoms with van der Waals surface area (Å²) in [6.07, 6.45) is 2.05. The second-order valence-electron chi connectivity index (χ2n) is 5.65. The second-order valence-corrected chi connectivity index (χ2v) is 5.65. The topological polar surface area (TPSA) is 73.4 Å². The Morgan fingerprint density at radius 2 is 2.11 bits per heavy atom. The Morgan fingerprint density at radius 3 is 2.84 bits per heavy atom. The Morgan fingerprint density at radius 1 is 1.32 bits per heavy atom. The summed E-state index contributed by atoms with van der Waals surface area (Å²) in [7, 11) is 0. The lowest BCUT2D eigenvalue weighted by Gasteiger charge is -2.16. The van der Waals surface area contributed by atoms with Crippen LogP contribution in [0.2, 0.25) is 0 Å². The van der Waals surface area contributed by atoms with E-state index in [0.717, 1.165) is 5.92 Å². The molecule has 1 amide bonds. The van der Waals surface area contributed by atoms with Crippen molar-refractivity contribution in [2.45, 2.75) is 44.1 Å². The van der Waals surface area contributed by atoms with Gasteiger partial charge in [-0.15, -0.1) is 0 Å². The highest BCUT2D eigenvalue weighted by atomic mass is 16.6. The van der Waals surface area contributed by atoms with E-state index in [1.54, 1.807) is 0 Å². The molecule has 2 saturated heterocycles. The fourth-order valence-corrected chi connectivity index (χ4v) is 2.84. The second kappa shape index (κ2) is 5.64. The zero-order valence-electron chi connectivity index (χ0n) is 11.3. The number of carbonyl (C=O) groups is 1. The number of hydrogen-bond acceptors (Lipinski definition) is 4. The third-order valence-electron chi connectivity index (χ3n) is 4.09. The van der Waals surface area contributed by atoms with E-state index in [9.17, 15) is 4.79 Å². The first-order valence-electron chi connectivity index (χ1n) is 7.29. The van der Waals surface area contributed by atoms with Gasteiger partial charge in [-0.25, -0.2) is 4.79 Å². The molecule has 6 heteroatoms. The van der Waals surface area contributed by atoms with Crippen LogP contribution in [-0.4, -0.2) is 56.8 Å². The quantitative estimate of drug-likeness (QED) is 0.689. The number of ether oxygens (including phenoxy) is 3. The molecule has 2 aliphatic heterocycles. The minimum Gasteiger partial charge on any atom is -0.441 e. The summed E-state index contributed by atoms with van der Waals surface area (Å²) < 4.78 is 16.9. The van der Waals surface area contributed by atoms with Crippen LogP contribution in [0.25, 0.3) is 0 Å². The highest BCUT2D eigenvalue weighted by molar-refractivity contribution is 5.67. The van der Waals surface area contributed by atoms with Crippen LogP contribution in [0.5, 0.6) is 0 Å². The molecule has 6 nitrogen and oxygen atoms in total. The molecule has 0 unspecified atom stereocenters. The van der Waals surface area contributed by atoms with Gasteiger partial charge in [-0.05, 0) is 19.8 Å². The van der Waals surface area contributed by atoms with Gasteiger partial charge in [0.1, 0.15) is 24.9 Å². The van der Waals surface area contributed by atoms with Gasteiger partial charge in [0.05, 0.1) is 13.2 Å². The lowest BCUT2D eigenvalue weighted by molar-refractivity contribution is -0.695. The maximum atomic E-state index is 11.4. The first-order valence-corrected chi connectivity index (χ1v) is 7.29. The van der Waals surface area contributed by atoms with E-state index in [-0.39, 0.29) is 24.4 Å². The van der Waals surface area contributed by atoms with E-state index in [4.69, 9.17) is 14.2 Å². The number of alkyl carbamates (subject to hydrolysis) is 1. The predicted octanol–water partition coefficient (Wildman–Crippen LogP) is -0.759. The van der Waals surface area contributed by atoms with Crippen molar-refractivity contribution >= 4 is 6.09 Å². The summed E-state index contributed by atoms with van der Waals surface area (Å²) in [5.41, 5.74) is 0. The van der Waals surface area contributed by atoms with Crippen LogP contribution in [0.4, 0.5) is 4.79 Å². The minimum atomic E-state index is -0.384. The Bertz CT molecular complexity index is 335. The summed E-state index contributed by atoms with van der Waals surface area (Å²) in [6.45, 7) is 4.74. The molecular formula is C13H23N2O4+. The maximum absolute atomic E-state index is 11.4. The Balaban J connectivity index is 1.48. The van der Waals surface area contributed by atoms with Gasteiger partial charge in [-0.3, -0.25) is 0 Å². The molecule has 3 aliphatic rings. The highest BCUT2D eigenvalue weighted by Crippen LogP contribution is 2.29. The van der Waals surface area contributed by atoms with Crippen molar-refractivity contribution in [2.75, 3.05) is 26.3 Å². The van der Waals surface area contributed by atoms with Crippen molar-refractivity contribution in [1.29, 1.82) is 0 Å². The number of nitrogens with two attached hydrogens (primary N) is 1. The number of quaternary nitrogens is 1. The van der Waals surface area contributed by atoms with Gasteiger partial charge >= 0.3 is 6.09 Å². The zero-order valence-corrected chi connectivity index (χ0v) is 11.3. The zero-order chi connectivity index (χ0) is 13.2. The van der Waals surface area contributed by atoms with E-state index >= 15 is 0 Å². The molecule has 0 spiro atoms. The van der Waals surface area contributed by atoms with Crippen LogP contribution in [0.3, 0.4) is 0 Å². The number of carbonyl (C=O) groups excluding carboxylic acids is 1. The van der Waals surface area contributed by atoms with Crippen LogP contribution < -0.4 is 10.6 Å². The van der Waals surface area contributed by atoms with E-state index in [1.165, 1.54) is 19.4 Å². The Labute approximate surface area is 113 Å². The Hall–Kier alpha value is -0.850. The molecule has 4 atom stereocenters. The average molecular weight is 271 g/mol. The van der Waals surface area contributed by atoms with Gasteiger partial charge in [-0.1, -0.05) is 0 Å². The molecule has 1 aliphatic carbocycles. The lowest BCUT2D eigenvalue weighted by Crippen LogP contribution is -2.93. The van der Waals surface area contributed by atoms with Gasteiger partial charge in [-0.2, -0.15) is 0 Å². The fraction of sp³-hybridized carbons (Fsp3) is 0.923. The van der Waals surface area contributed by atoms with Crippen molar-refractivity contribution in [3.05, 3.63) is 0 Å². The molecule has 0 bridgehead atoms. The molecule has 19 heavy (non-hydrogen) atoms. The number of rotatable bonds is 5. The molecule has 108 valence electrons. The van der Waals surface area contributed by atoms with Crippen LogP contribution >= 0.6 is 0 Å². The van der Waals surface area contributed by atoms with Crippen LogP contribution in [0.1, 0.15) is 19.8 Å². The van der Waals surface area contributed by atoms with Gasteiger partial charge in [0.2, 0.25) is 0 Å². The van der Waals surface area contributed by atoms with Crippen molar-refractivity contribution < 1.29 is 24.3 Å². The van der Waals surface area contributed by atoms with Gasteiger partial charge in [0, 0.05) is 12.5 Å². The number of nitrogens with one attached hydrogen (secondary N) is 1. The summed E-state index contributed by atoms with van der Waals surface area (Å²) in [5.74, 6) is 0.892. The van der Waals surface area contributed by atoms with E-state index < -0.39 is 0 Å². The molecule has 0 aromatic heterocycles. The average Bonchev–Trinajstić information content (AvgIpc) is 3.00. The molecule has 2 heterocycles. The third kappa shape index (κ3) is 3.01. The van der Waals surface area contributed by atoms with Crippen LogP contribution in [0, 0.1) is 5.92 Å². The predicted molar refractivity (Wildman–Crippen MR) is 66.7 cm³/mol. The lowest BCUT2D eigenvalue weighted by atomic mass is 10.1. The molecule has 3 rings (SSSR count). The Kier molecular flexibility index (Phi) is 3.91. The number of amides is 1. The number of fused-ring (bicyclic) bond motifs is 1. The van der Waals surface area contributed by atoms with Crippen molar-refractivity contribution in [2.24, 2.45) is 5.92 Å². The van der Waals surface area contributed by atoms with Crippen molar-refractivity contribution in [3.8, 4) is 0 Å². The normalized spacial score (nSPS) is 37.1. The van der Waals surface area contributed by atoms with Crippen LogP contribution in [0.15, 0.2) is 0 Å². The molecular weight excluding hydrogens is 248 g/mol. The first-order chi connectivity index (χ1) is 9.28. The van der Waals surface area contributed by atoms with Gasteiger partial charge in [0.15, 0.2) is 6.10 Å². The SMILES string of the molecule is CCNC(=O)O[C@@H]1CO[C@H]2[C@@H]1OC[C@@H]2[NH2+]CC1CC1. The molecule has 3 N–H and O–H groups in total. The standard InChI is InChI=1S/C13H22N2O4/c1-2-14-13(16)19-10-7-18-11-9(6-17-12(10)11)15-5-8-3-4-8/h8-12,15H,2-7H2,1H3,(H,14,16)/p+1/t9-,10+,11+,12+/m0/s1. The molecule has 0 aromatic rings. The van der Waals surface area contributed by atoms with E-state index in [1.807, 2.05) is 6.92 Å². The summed E-state index contributed by atoms with van der Waals surface area (Å²) in [5, 5.41) is 4.98. The minimum absolute atomic E-state index is 0.0678. The molecule has 0 aromatic carbocycles. The largest absolute Gasteiger partial charge is 0.441 e. The molecule has 3 fully saturated rings. The fourth-order valence-electron chi connectivity index (χ4n) is 2.84. The molecule has 1 saturated carbocycles. The van der Waals surface area contributed by atoms with Gasteiger partial charge in [0.25, 0.3) is 0 Å². The monoisotopic (exact) mass is 271 g/mol. The third-order valence-corrected chi connectivity index (χ3v) is 4.09. The van der Waals surface area contributed by atoms with Crippen LogP contribution in [-0.2, 0) is 14.2 Å². The van der Waals surface area contributed by atoms with Gasteiger partial charge < -0.3 is 24.8 Å². The maximum Gasteiger partial charge on any atom is 0.407 e. The summed E-state index contributed by atoms with van der Waals surface area (Å²) >= 11 is 0. The first kappa shape index (κ1) is 13.1. The van der Waals surface area contributed by atoms with Crippen molar-refractivity contribution in [3.63, 3.8) is 0 Å². The number of hydrogen-bond donors (Lipinski definition) is 2. The van der Waals surface area contributed by atoms with E-state index in [2.05, 4.69) is 10.6 Å².